The van der Waals surface area contributed by atoms with E-state index in [2.05, 4.69) is 12.2 Å². The maximum absolute atomic E-state index is 2.52. The quantitative estimate of drug-likeness (QED) is 0.533. The zero-order chi connectivity index (χ0) is 8.67. The van der Waals surface area contributed by atoms with Gasteiger partial charge < -0.3 is 0 Å². The second kappa shape index (κ2) is 3.15. The van der Waals surface area contributed by atoms with Gasteiger partial charge in [-0.1, -0.05) is 44.3 Å². The molecule has 0 spiro atoms. The van der Waals surface area contributed by atoms with Gasteiger partial charge in [-0.25, -0.2) is 0 Å². The summed E-state index contributed by atoms with van der Waals surface area (Å²) in [5, 5.41) is 0. The third-order valence-corrected chi connectivity index (χ3v) is 4.59. The topological polar surface area (TPSA) is 0 Å². The van der Waals surface area contributed by atoms with Crippen molar-refractivity contribution >= 4 is 0 Å². The molecule has 0 aromatic carbocycles. The molecule has 3 unspecified atom stereocenters. The summed E-state index contributed by atoms with van der Waals surface area (Å²) in [4.78, 5) is 0. The molecule has 0 N–H and O–H groups in total. The van der Waals surface area contributed by atoms with Gasteiger partial charge >= 0.3 is 0 Å². The van der Waals surface area contributed by atoms with Gasteiger partial charge in [-0.3, -0.25) is 0 Å². The van der Waals surface area contributed by atoms with Crippen LogP contribution in [0.25, 0.3) is 0 Å². The van der Waals surface area contributed by atoms with Crippen molar-refractivity contribution in [2.45, 2.75) is 44.9 Å². The van der Waals surface area contributed by atoms with Crippen LogP contribution in [-0.4, -0.2) is 0 Å². The van der Waals surface area contributed by atoms with Crippen LogP contribution in [0.5, 0.6) is 0 Å². The molecule has 3 aliphatic rings. The average molecular weight is 176 g/mol. The van der Waals surface area contributed by atoms with Crippen molar-refractivity contribution in [2.24, 2.45) is 23.7 Å². The molecule has 3 aliphatic carbocycles. The molecule has 0 aromatic rings. The zero-order valence-corrected chi connectivity index (χ0v) is 8.41. The molecule has 0 radical (unpaired) electrons. The Hall–Kier alpha value is -0.260. The predicted molar refractivity (Wildman–Crippen MR) is 55.4 cm³/mol. The number of rotatable bonds is 1. The minimum absolute atomic E-state index is 0.983. The maximum Gasteiger partial charge on any atom is -0.0197 e. The smallest absolute Gasteiger partial charge is 0.0197 e. The minimum atomic E-state index is 0.983. The van der Waals surface area contributed by atoms with E-state index >= 15 is 0 Å². The lowest BCUT2D eigenvalue weighted by Crippen LogP contribution is -2.21. The van der Waals surface area contributed by atoms with Crippen molar-refractivity contribution in [1.82, 2.24) is 0 Å². The van der Waals surface area contributed by atoms with E-state index in [1.165, 1.54) is 32.1 Å². The van der Waals surface area contributed by atoms with Crippen molar-refractivity contribution in [3.05, 3.63) is 12.2 Å². The van der Waals surface area contributed by atoms with E-state index in [-0.39, 0.29) is 0 Å². The summed E-state index contributed by atoms with van der Waals surface area (Å²) < 4.78 is 0. The Kier molecular flexibility index (Phi) is 1.96. The number of hydrogen-bond donors (Lipinski definition) is 0. The molecule has 0 aromatic heterocycles. The number of allylic oxidation sites excluding steroid dienone is 2. The standard InChI is InChI=1S/C13H20/c1-2-4-11(5-3-1)13-9-10-6-7-12(13)8-10/h6-7,10-13H,1-5,8-9H2. The first-order valence-corrected chi connectivity index (χ1v) is 6.12. The van der Waals surface area contributed by atoms with E-state index in [9.17, 15) is 0 Å². The molecule has 0 amide bonds. The van der Waals surface area contributed by atoms with Gasteiger partial charge in [0.1, 0.15) is 0 Å². The van der Waals surface area contributed by atoms with Crippen molar-refractivity contribution in [3.63, 3.8) is 0 Å². The number of hydrogen-bond acceptors (Lipinski definition) is 0. The van der Waals surface area contributed by atoms with Gasteiger partial charge in [0.25, 0.3) is 0 Å². The van der Waals surface area contributed by atoms with Crippen LogP contribution in [0.1, 0.15) is 44.9 Å². The first-order valence-electron chi connectivity index (χ1n) is 6.12. The second-order valence-electron chi connectivity index (χ2n) is 5.34. The Morgan fingerprint density at radius 3 is 2.31 bits per heavy atom. The Morgan fingerprint density at radius 2 is 1.69 bits per heavy atom. The average Bonchev–Trinajstić information content (AvgIpc) is 2.80. The van der Waals surface area contributed by atoms with E-state index in [0.29, 0.717) is 0 Å². The van der Waals surface area contributed by atoms with Gasteiger partial charge in [0.05, 0.1) is 0 Å². The summed E-state index contributed by atoms with van der Waals surface area (Å²) in [7, 11) is 0. The first-order chi connectivity index (χ1) is 6.43. The summed E-state index contributed by atoms with van der Waals surface area (Å²) in [6, 6.07) is 0. The molecule has 2 fully saturated rings. The summed E-state index contributed by atoms with van der Waals surface area (Å²) in [6.45, 7) is 0. The Labute approximate surface area is 81.4 Å². The summed E-state index contributed by atoms with van der Waals surface area (Å²) in [5.41, 5.74) is 0. The monoisotopic (exact) mass is 176 g/mol. The number of fused-ring (bicyclic) bond motifs is 2. The van der Waals surface area contributed by atoms with Crippen LogP contribution in [0, 0.1) is 23.7 Å². The predicted octanol–water partition coefficient (Wildman–Crippen LogP) is 3.78. The first kappa shape index (κ1) is 8.08. The van der Waals surface area contributed by atoms with Crippen LogP contribution in [0.4, 0.5) is 0 Å². The van der Waals surface area contributed by atoms with Crippen molar-refractivity contribution in [2.75, 3.05) is 0 Å². The highest BCUT2D eigenvalue weighted by Crippen LogP contribution is 2.49. The summed E-state index contributed by atoms with van der Waals surface area (Å²) in [5.74, 6) is 4.18. The molecule has 0 nitrogen and oxygen atoms in total. The molecule has 2 saturated carbocycles. The van der Waals surface area contributed by atoms with Crippen molar-refractivity contribution < 1.29 is 0 Å². The van der Waals surface area contributed by atoms with Crippen LogP contribution in [0.15, 0.2) is 12.2 Å². The minimum Gasteiger partial charge on any atom is -0.0851 e. The van der Waals surface area contributed by atoms with Crippen LogP contribution in [0.3, 0.4) is 0 Å². The van der Waals surface area contributed by atoms with Gasteiger partial charge in [-0.15, -0.1) is 0 Å². The third-order valence-electron chi connectivity index (χ3n) is 4.59. The fourth-order valence-electron chi connectivity index (χ4n) is 3.93. The van der Waals surface area contributed by atoms with Gasteiger partial charge in [0.2, 0.25) is 0 Å². The lowest BCUT2D eigenvalue weighted by molar-refractivity contribution is 0.219. The summed E-state index contributed by atoms with van der Waals surface area (Å²) >= 11 is 0. The molecular formula is C13H20. The lowest BCUT2D eigenvalue weighted by Gasteiger charge is -2.31. The van der Waals surface area contributed by atoms with Gasteiger partial charge in [0, 0.05) is 0 Å². The Balaban J connectivity index is 1.68. The molecule has 0 heterocycles. The highest BCUT2D eigenvalue weighted by Gasteiger charge is 2.39. The van der Waals surface area contributed by atoms with Gasteiger partial charge in [-0.2, -0.15) is 0 Å². The van der Waals surface area contributed by atoms with E-state index in [1.54, 1.807) is 12.8 Å². The molecule has 72 valence electrons. The zero-order valence-electron chi connectivity index (χ0n) is 8.41. The molecule has 0 saturated heterocycles. The highest BCUT2D eigenvalue weighted by atomic mass is 14.4. The van der Waals surface area contributed by atoms with E-state index in [1.807, 2.05) is 0 Å². The van der Waals surface area contributed by atoms with Crippen molar-refractivity contribution in [1.29, 1.82) is 0 Å². The SMILES string of the molecule is C1=CC2CC1CC2C1CCCCC1. The van der Waals surface area contributed by atoms with Crippen LogP contribution >= 0.6 is 0 Å². The van der Waals surface area contributed by atoms with Crippen LogP contribution < -0.4 is 0 Å². The van der Waals surface area contributed by atoms with E-state index in [0.717, 1.165) is 23.7 Å². The van der Waals surface area contributed by atoms with Crippen LogP contribution in [0.2, 0.25) is 0 Å². The Bertz CT molecular complexity index is 210. The highest BCUT2D eigenvalue weighted by molar-refractivity contribution is 5.11. The normalized spacial score (nSPS) is 44.5. The lowest BCUT2D eigenvalue weighted by atomic mass is 9.74. The van der Waals surface area contributed by atoms with Crippen LogP contribution in [-0.2, 0) is 0 Å². The van der Waals surface area contributed by atoms with E-state index < -0.39 is 0 Å². The van der Waals surface area contributed by atoms with Gasteiger partial charge in [-0.05, 0) is 36.5 Å². The molecule has 13 heavy (non-hydrogen) atoms. The fourth-order valence-corrected chi connectivity index (χ4v) is 3.93. The molecule has 2 bridgehead atoms. The van der Waals surface area contributed by atoms with Crippen molar-refractivity contribution in [3.8, 4) is 0 Å². The fraction of sp³-hybridized carbons (Fsp3) is 0.846. The van der Waals surface area contributed by atoms with E-state index in [4.69, 9.17) is 0 Å². The molecule has 3 rings (SSSR count). The summed E-state index contributed by atoms with van der Waals surface area (Å²) in [6.07, 6.45) is 15.7. The molecular weight excluding hydrogens is 156 g/mol. The molecule has 0 aliphatic heterocycles. The maximum atomic E-state index is 2.52. The Morgan fingerprint density at radius 1 is 0.846 bits per heavy atom. The molecule has 3 atom stereocenters. The third kappa shape index (κ3) is 1.35. The van der Waals surface area contributed by atoms with Gasteiger partial charge in [0.15, 0.2) is 0 Å². The second-order valence-corrected chi connectivity index (χ2v) is 5.34. The largest absolute Gasteiger partial charge is 0.0851 e. The molecule has 0 heteroatoms.